The largest absolute Gasteiger partial charge is 0.481 e. The molecule has 0 atom stereocenters. The van der Waals surface area contributed by atoms with Crippen LogP contribution in [0.2, 0.25) is 10.0 Å². The molecule has 1 aromatic heterocycles. The van der Waals surface area contributed by atoms with Crippen LogP contribution in [0.5, 0.6) is 0 Å². The lowest BCUT2D eigenvalue weighted by Crippen LogP contribution is -1.99. The van der Waals surface area contributed by atoms with Crippen molar-refractivity contribution in [2.45, 2.75) is 19.9 Å². The van der Waals surface area contributed by atoms with Crippen LogP contribution in [0.25, 0.3) is 0 Å². The van der Waals surface area contributed by atoms with E-state index in [4.69, 9.17) is 28.3 Å². The Kier molecular flexibility index (Phi) is 4.91. The average molecular weight is 330 g/mol. The summed E-state index contributed by atoms with van der Waals surface area (Å²) in [7, 11) is 0. The van der Waals surface area contributed by atoms with Crippen LogP contribution in [0, 0.1) is 6.92 Å². The van der Waals surface area contributed by atoms with Crippen molar-refractivity contribution in [2.75, 3.05) is 5.32 Å². The fourth-order valence-electron chi connectivity index (χ4n) is 1.73. The van der Waals surface area contributed by atoms with Gasteiger partial charge < -0.3 is 10.4 Å². The summed E-state index contributed by atoms with van der Waals surface area (Å²) in [5.74, 6) is -0.820. The lowest BCUT2D eigenvalue weighted by Gasteiger charge is -2.09. The zero-order valence-corrected chi connectivity index (χ0v) is 13.1. The topological polar surface area (TPSA) is 49.3 Å². The molecule has 0 spiro atoms. The van der Waals surface area contributed by atoms with Gasteiger partial charge >= 0.3 is 5.97 Å². The fraction of sp³-hybridized carbons (Fsp3) is 0.214. The number of aliphatic carboxylic acids is 1. The van der Waals surface area contributed by atoms with Crippen molar-refractivity contribution in [3.63, 3.8) is 0 Å². The van der Waals surface area contributed by atoms with E-state index in [1.807, 2.05) is 25.1 Å². The molecule has 0 fully saturated rings. The van der Waals surface area contributed by atoms with Gasteiger partial charge in [-0.3, -0.25) is 4.79 Å². The molecule has 0 radical (unpaired) electrons. The van der Waals surface area contributed by atoms with Gasteiger partial charge in [0.2, 0.25) is 0 Å². The van der Waals surface area contributed by atoms with Crippen LogP contribution in [0.1, 0.15) is 15.3 Å². The van der Waals surface area contributed by atoms with E-state index in [9.17, 15) is 4.79 Å². The number of benzene rings is 1. The molecule has 2 rings (SSSR count). The summed E-state index contributed by atoms with van der Waals surface area (Å²) in [6, 6.07) is 7.36. The molecule has 0 aliphatic heterocycles. The number of carboxylic acids is 1. The minimum Gasteiger partial charge on any atom is -0.481 e. The molecule has 1 aromatic carbocycles. The van der Waals surface area contributed by atoms with Crippen molar-refractivity contribution in [3.05, 3.63) is 49.6 Å². The molecule has 106 valence electrons. The Hall–Kier alpha value is -1.23. The van der Waals surface area contributed by atoms with E-state index in [0.717, 1.165) is 21.0 Å². The number of thiophene rings is 1. The van der Waals surface area contributed by atoms with Gasteiger partial charge in [0, 0.05) is 21.3 Å². The third-order valence-corrected chi connectivity index (χ3v) is 4.55. The van der Waals surface area contributed by atoms with E-state index >= 15 is 0 Å². The number of carboxylic acid groups (broad SMARTS) is 1. The number of rotatable bonds is 5. The summed E-state index contributed by atoms with van der Waals surface area (Å²) < 4.78 is 0. The van der Waals surface area contributed by atoms with Gasteiger partial charge in [-0.15, -0.1) is 11.3 Å². The summed E-state index contributed by atoms with van der Waals surface area (Å²) in [6.45, 7) is 2.48. The monoisotopic (exact) mass is 329 g/mol. The maximum absolute atomic E-state index is 10.6. The summed E-state index contributed by atoms with van der Waals surface area (Å²) in [5, 5.41) is 13.2. The molecular weight excluding hydrogens is 317 g/mol. The van der Waals surface area contributed by atoms with Crippen molar-refractivity contribution in [2.24, 2.45) is 0 Å². The molecule has 6 heteroatoms. The zero-order valence-electron chi connectivity index (χ0n) is 10.7. The van der Waals surface area contributed by atoms with Crippen LogP contribution in [-0.4, -0.2) is 11.1 Å². The summed E-state index contributed by atoms with van der Waals surface area (Å²) in [5.41, 5.74) is 1.71. The Bertz CT molecular complexity index is 640. The van der Waals surface area contributed by atoms with E-state index in [-0.39, 0.29) is 6.42 Å². The second kappa shape index (κ2) is 6.48. The Morgan fingerprint density at radius 2 is 1.95 bits per heavy atom. The number of aryl methyl sites for hydroxylation is 1. The Morgan fingerprint density at radius 3 is 2.65 bits per heavy atom. The van der Waals surface area contributed by atoms with Crippen LogP contribution in [0.4, 0.5) is 5.69 Å². The highest BCUT2D eigenvalue weighted by atomic mass is 35.5. The predicted molar refractivity (Wildman–Crippen MR) is 84.2 cm³/mol. The molecule has 20 heavy (non-hydrogen) atoms. The van der Waals surface area contributed by atoms with Gasteiger partial charge in [0.05, 0.1) is 17.1 Å². The second-order valence-corrected chi connectivity index (χ2v) is 6.44. The van der Waals surface area contributed by atoms with Crippen molar-refractivity contribution in [1.29, 1.82) is 0 Å². The fourth-order valence-corrected chi connectivity index (χ4v) is 3.12. The molecule has 0 amide bonds. The number of halogens is 2. The number of anilines is 1. The maximum Gasteiger partial charge on any atom is 0.308 e. The minimum absolute atomic E-state index is 0.0573. The van der Waals surface area contributed by atoms with Crippen LogP contribution < -0.4 is 5.32 Å². The number of carbonyl (C=O) groups is 1. The van der Waals surface area contributed by atoms with Gasteiger partial charge in [-0.2, -0.15) is 0 Å². The maximum atomic E-state index is 10.6. The van der Waals surface area contributed by atoms with Crippen molar-refractivity contribution < 1.29 is 9.90 Å². The van der Waals surface area contributed by atoms with Crippen molar-refractivity contribution in [1.82, 2.24) is 0 Å². The first-order chi connectivity index (χ1) is 9.45. The highest BCUT2D eigenvalue weighted by Gasteiger charge is 2.07. The highest BCUT2D eigenvalue weighted by molar-refractivity contribution is 7.12. The van der Waals surface area contributed by atoms with Crippen LogP contribution in [0.3, 0.4) is 0 Å². The van der Waals surface area contributed by atoms with E-state index in [1.165, 1.54) is 11.3 Å². The molecule has 2 N–H and O–H groups in total. The van der Waals surface area contributed by atoms with E-state index < -0.39 is 5.97 Å². The lowest BCUT2D eigenvalue weighted by atomic mass is 10.2. The van der Waals surface area contributed by atoms with Crippen molar-refractivity contribution >= 4 is 46.2 Å². The van der Waals surface area contributed by atoms with E-state index in [2.05, 4.69) is 5.32 Å². The number of nitrogens with one attached hydrogen (secondary N) is 1. The van der Waals surface area contributed by atoms with E-state index in [1.54, 1.807) is 6.07 Å². The third kappa shape index (κ3) is 3.88. The van der Waals surface area contributed by atoms with Gasteiger partial charge in [-0.25, -0.2) is 0 Å². The summed E-state index contributed by atoms with van der Waals surface area (Å²) in [6.07, 6.45) is 0.0573. The molecule has 0 unspecified atom stereocenters. The smallest absolute Gasteiger partial charge is 0.308 e. The molecule has 2 aromatic rings. The first-order valence-electron chi connectivity index (χ1n) is 5.94. The SMILES string of the molecule is Cc1cc(Cl)c(NCc2ccc(CC(=O)O)s2)cc1Cl. The molecule has 1 heterocycles. The molecular formula is C14H13Cl2NO2S. The van der Waals surface area contributed by atoms with Gasteiger partial charge in [0.15, 0.2) is 0 Å². The Morgan fingerprint density at radius 1 is 1.25 bits per heavy atom. The average Bonchev–Trinajstić information content (AvgIpc) is 2.79. The molecule has 3 nitrogen and oxygen atoms in total. The van der Waals surface area contributed by atoms with Crippen molar-refractivity contribution in [3.8, 4) is 0 Å². The quantitative estimate of drug-likeness (QED) is 0.842. The Labute approximate surface area is 131 Å². The molecule has 0 bridgehead atoms. The number of hydrogen-bond donors (Lipinski definition) is 2. The van der Waals surface area contributed by atoms with Crippen LogP contribution in [-0.2, 0) is 17.8 Å². The van der Waals surface area contributed by atoms with Gasteiger partial charge in [0.1, 0.15) is 0 Å². The van der Waals surface area contributed by atoms with E-state index in [0.29, 0.717) is 16.6 Å². The molecule has 0 saturated heterocycles. The summed E-state index contributed by atoms with van der Waals surface area (Å²) in [4.78, 5) is 12.5. The summed E-state index contributed by atoms with van der Waals surface area (Å²) >= 11 is 13.7. The number of hydrogen-bond acceptors (Lipinski definition) is 3. The van der Waals surface area contributed by atoms with Crippen LogP contribution in [0.15, 0.2) is 24.3 Å². The zero-order chi connectivity index (χ0) is 14.7. The minimum atomic E-state index is -0.820. The van der Waals surface area contributed by atoms with Gasteiger partial charge in [-0.1, -0.05) is 23.2 Å². The molecule has 0 aliphatic carbocycles. The molecule has 0 aliphatic rings. The van der Waals surface area contributed by atoms with Crippen LogP contribution >= 0.6 is 34.5 Å². The standard InChI is InChI=1S/C14H13Cl2NO2S/c1-8-4-12(16)13(6-11(8)15)17-7-10-3-2-9(20-10)5-14(18)19/h2-4,6,17H,5,7H2,1H3,(H,18,19). The molecule has 0 saturated carbocycles. The predicted octanol–water partition coefficient (Wildman–Crippen LogP) is 4.60. The first kappa shape index (κ1) is 15.2. The Balaban J connectivity index is 2.03. The second-order valence-electron chi connectivity index (χ2n) is 4.37. The van der Waals surface area contributed by atoms with Gasteiger partial charge in [-0.05, 0) is 36.8 Å². The lowest BCUT2D eigenvalue weighted by molar-refractivity contribution is -0.136. The normalized spacial score (nSPS) is 10.6. The first-order valence-corrected chi connectivity index (χ1v) is 7.52. The van der Waals surface area contributed by atoms with Gasteiger partial charge in [0.25, 0.3) is 0 Å². The highest BCUT2D eigenvalue weighted by Crippen LogP contribution is 2.29. The third-order valence-electron chi connectivity index (χ3n) is 2.74.